The Balaban J connectivity index is 2.01. The highest BCUT2D eigenvalue weighted by Gasteiger charge is 2.53. The number of carbonyl (C=O) groups excluding carboxylic acids is 1. The first-order valence-corrected chi connectivity index (χ1v) is 7.70. The van der Waals surface area contributed by atoms with Crippen molar-refractivity contribution in [2.75, 3.05) is 6.54 Å². The molecule has 0 bridgehead atoms. The monoisotopic (exact) mass is 263 g/mol. The number of carbonyl (C=O) groups is 1. The highest BCUT2D eigenvalue weighted by molar-refractivity contribution is 5.75. The summed E-state index contributed by atoms with van der Waals surface area (Å²) in [7, 11) is 0. The maximum atomic E-state index is 11.9. The van der Waals surface area contributed by atoms with Gasteiger partial charge in [0.05, 0.1) is 6.10 Å². The van der Waals surface area contributed by atoms with Gasteiger partial charge in [-0.15, -0.1) is 0 Å². The van der Waals surface area contributed by atoms with E-state index in [0.717, 1.165) is 25.8 Å². The van der Waals surface area contributed by atoms with Gasteiger partial charge in [0.2, 0.25) is 5.91 Å². The molecular formula is C16H25NO2. The highest BCUT2D eigenvalue weighted by Crippen LogP contribution is 2.55. The maximum absolute atomic E-state index is 11.9. The summed E-state index contributed by atoms with van der Waals surface area (Å²) < 4.78 is 0. The van der Waals surface area contributed by atoms with Gasteiger partial charge in [-0.1, -0.05) is 19.4 Å². The van der Waals surface area contributed by atoms with Crippen LogP contribution in [0.3, 0.4) is 0 Å². The van der Waals surface area contributed by atoms with E-state index in [1.54, 1.807) is 6.92 Å². The van der Waals surface area contributed by atoms with Crippen molar-refractivity contribution in [1.82, 2.24) is 4.90 Å². The standard InChI is InChI=1S/C16H25NO2/c1-11(18)17-10-13-15(19)8-5-9-16(13,2)12-6-3-4-7-14(12)17/h7,12-13,15,19H,3-6,8-10H2,1-2H3/t12-,13-,15-,16+/m0/s1. The summed E-state index contributed by atoms with van der Waals surface area (Å²) in [6, 6.07) is 0. The first kappa shape index (κ1) is 13.2. The molecule has 1 N–H and O–H groups in total. The van der Waals surface area contributed by atoms with E-state index in [0.29, 0.717) is 5.92 Å². The number of aliphatic hydroxyl groups excluding tert-OH is 1. The molecular weight excluding hydrogens is 238 g/mol. The van der Waals surface area contributed by atoms with Crippen LogP contribution in [-0.4, -0.2) is 28.6 Å². The zero-order valence-corrected chi connectivity index (χ0v) is 12.1. The topological polar surface area (TPSA) is 40.5 Å². The van der Waals surface area contributed by atoms with Crippen LogP contribution in [0.2, 0.25) is 0 Å². The van der Waals surface area contributed by atoms with Gasteiger partial charge in [-0.3, -0.25) is 4.79 Å². The minimum Gasteiger partial charge on any atom is -0.393 e. The van der Waals surface area contributed by atoms with Crippen molar-refractivity contribution in [1.29, 1.82) is 0 Å². The lowest BCUT2D eigenvalue weighted by Crippen LogP contribution is -2.57. The second-order valence-corrected chi connectivity index (χ2v) is 6.81. The van der Waals surface area contributed by atoms with E-state index in [4.69, 9.17) is 0 Å². The van der Waals surface area contributed by atoms with E-state index in [-0.39, 0.29) is 23.3 Å². The van der Waals surface area contributed by atoms with Gasteiger partial charge in [-0.05, 0) is 37.5 Å². The number of piperidine rings is 1. The molecule has 1 heterocycles. The third-order valence-corrected chi connectivity index (χ3v) is 5.80. The summed E-state index contributed by atoms with van der Waals surface area (Å²) in [5.41, 5.74) is 1.45. The fourth-order valence-corrected chi connectivity index (χ4v) is 4.72. The summed E-state index contributed by atoms with van der Waals surface area (Å²) >= 11 is 0. The summed E-state index contributed by atoms with van der Waals surface area (Å²) in [5.74, 6) is 0.863. The predicted molar refractivity (Wildman–Crippen MR) is 74.3 cm³/mol. The van der Waals surface area contributed by atoms with E-state index in [2.05, 4.69) is 13.0 Å². The summed E-state index contributed by atoms with van der Waals surface area (Å²) in [5, 5.41) is 10.4. The van der Waals surface area contributed by atoms with Crippen molar-refractivity contribution in [3.05, 3.63) is 11.8 Å². The zero-order valence-electron chi connectivity index (χ0n) is 12.1. The fourth-order valence-electron chi connectivity index (χ4n) is 4.72. The zero-order chi connectivity index (χ0) is 13.6. The number of amides is 1. The van der Waals surface area contributed by atoms with Crippen molar-refractivity contribution >= 4 is 5.91 Å². The van der Waals surface area contributed by atoms with E-state index < -0.39 is 0 Å². The molecule has 3 rings (SSSR count). The summed E-state index contributed by atoms with van der Waals surface area (Å²) in [6.45, 7) is 4.72. The Morgan fingerprint density at radius 2 is 2.21 bits per heavy atom. The Kier molecular flexibility index (Phi) is 3.20. The molecule has 106 valence electrons. The molecule has 0 aromatic heterocycles. The minimum atomic E-state index is -0.232. The second kappa shape index (κ2) is 4.62. The van der Waals surface area contributed by atoms with Crippen LogP contribution in [0.1, 0.15) is 52.4 Å². The Bertz CT molecular complexity index is 417. The molecule has 2 fully saturated rings. The molecule has 1 saturated heterocycles. The fraction of sp³-hybridized carbons (Fsp3) is 0.812. The average molecular weight is 263 g/mol. The van der Waals surface area contributed by atoms with Crippen LogP contribution in [0.25, 0.3) is 0 Å². The van der Waals surface area contributed by atoms with Gasteiger partial charge in [0.15, 0.2) is 0 Å². The van der Waals surface area contributed by atoms with Crippen LogP contribution in [0.15, 0.2) is 11.8 Å². The number of likely N-dealkylation sites (tertiary alicyclic amines) is 1. The van der Waals surface area contributed by atoms with Gasteiger partial charge in [0, 0.05) is 31.0 Å². The van der Waals surface area contributed by atoms with E-state index in [9.17, 15) is 9.90 Å². The molecule has 2 aliphatic carbocycles. The van der Waals surface area contributed by atoms with Crippen LogP contribution in [0.5, 0.6) is 0 Å². The molecule has 3 aliphatic rings. The number of hydrogen-bond donors (Lipinski definition) is 1. The lowest BCUT2D eigenvalue weighted by atomic mass is 9.55. The third kappa shape index (κ3) is 1.94. The van der Waals surface area contributed by atoms with Crippen molar-refractivity contribution in [3.63, 3.8) is 0 Å². The van der Waals surface area contributed by atoms with Crippen molar-refractivity contribution in [2.45, 2.75) is 58.5 Å². The first-order valence-electron chi connectivity index (χ1n) is 7.70. The Hall–Kier alpha value is -0.830. The SMILES string of the molecule is CC(=O)N1C[C@H]2[C@@H](O)CCC[C@]2(C)[C@H]2CCCC=C21. The average Bonchev–Trinajstić information content (AvgIpc) is 2.38. The molecule has 19 heavy (non-hydrogen) atoms. The number of hydrogen-bond acceptors (Lipinski definition) is 2. The van der Waals surface area contributed by atoms with Crippen LogP contribution in [-0.2, 0) is 4.79 Å². The van der Waals surface area contributed by atoms with Crippen LogP contribution in [0, 0.1) is 17.3 Å². The molecule has 0 spiro atoms. The van der Waals surface area contributed by atoms with Gasteiger partial charge in [-0.25, -0.2) is 0 Å². The van der Waals surface area contributed by atoms with Crippen molar-refractivity contribution in [3.8, 4) is 0 Å². The molecule has 0 unspecified atom stereocenters. The molecule has 4 atom stereocenters. The molecule has 3 heteroatoms. The summed E-state index contributed by atoms with van der Waals surface area (Å²) in [4.78, 5) is 13.9. The largest absolute Gasteiger partial charge is 0.393 e. The van der Waals surface area contributed by atoms with Crippen molar-refractivity contribution < 1.29 is 9.90 Å². The predicted octanol–water partition coefficient (Wildman–Crippen LogP) is 2.70. The third-order valence-electron chi connectivity index (χ3n) is 5.80. The van der Waals surface area contributed by atoms with E-state index in [1.165, 1.54) is 25.0 Å². The number of aliphatic hydroxyl groups is 1. The molecule has 1 aliphatic heterocycles. The van der Waals surface area contributed by atoms with Gasteiger partial charge >= 0.3 is 0 Å². The molecule has 3 nitrogen and oxygen atoms in total. The number of nitrogens with zero attached hydrogens (tertiary/aromatic N) is 1. The quantitative estimate of drug-likeness (QED) is 0.730. The van der Waals surface area contributed by atoms with Crippen LogP contribution >= 0.6 is 0 Å². The van der Waals surface area contributed by atoms with Crippen LogP contribution in [0.4, 0.5) is 0 Å². The molecule has 0 aromatic rings. The lowest BCUT2D eigenvalue weighted by molar-refractivity contribution is -0.138. The summed E-state index contributed by atoms with van der Waals surface area (Å²) in [6.07, 6.45) is 8.76. The molecule has 1 saturated carbocycles. The van der Waals surface area contributed by atoms with Crippen LogP contribution < -0.4 is 0 Å². The Morgan fingerprint density at radius 1 is 1.42 bits per heavy atom. The van der Waals surface area contributed by atoms with Gasteiger partial charge < -0.3 is 10.0 Å². The van der Waals surface area contributed by atoms with Gasteiger partial charge in [0.1, 0.15) is 0 Å². The van der Waals surface area contributed by atoms with E-state index >= 15 is 0 Å². The Labute approximate surface area is 115 Å². The van der Waals surface area contributed by atoms with Crippen molar-refractivity contribution in [2.24, 2.45) is 17.3 Å². The minimum absolute atomic E-state index is 0.137. The molecule has 1 amide bonds. The highest BCUT2D eigenvalue weighted by atomic mass is 16.3. The molecule has 0 aromatic carbocycles. The Morgan fingerprint density at radius 3 is 2.95 bits per heavy atom. The molecule has 0 radical (unpaired) electrons. The smallest absolute Gasteiger partial charge is 0.223 e. The first-order chi connectivity index (χ1) is 9.04. The van der Waals surface area contributed by atoms with Gasteiger partial charge in [0.25, 0.3) is 0 Å². The normalized spacial score (nSPS) is 42.2. The van der Waals surface area contributed by atoms with E-state index in [1.807, 2.05) is 4.90 Å². The number of allylic oxidation sites excluding steroid dienone is 2. The van der Waals surface area contributed by atoms with Gasteiger partial charge in [-0.2, -0.15) is 0 Å². The number of rotatable bonds is 0. The number of fused-ring (bicyclic) bond motifs is 3. The lowest BCUT2D eigenvalue weighted by Gasteiger charge is -2.57. The second-order valence-electron chi connectivity index (χ2n) is 6.81. The maximum Gasteiger partial charge on any atom is 0.223 e.